The van der Waals surface area contributed by atoms with Gasteiger partial charge in [-0.05, 0) is 12.1 Å². The van der Waals surface area contributed by atoms with Crippen LogP contribution in [0.2, 0.25) is 10.0 Å². The second kappa shape index (κ2) is 7.55. The number of hydrogen-bond donors (Lipinski definition) is 3. The standard InChI is InChI=1S/C15H17Cl2N7S/c16-9-2-1-3-10(12(9)17)25-14-13(18)22-11(8-21-14)23-4-6-24(7-5-23)15(19)20/h1-3,8H,4-7H2,(H2,18,22)(H3,19,20). The molecule has 10 heteroatoms. The molecule has 1 aromatic heterocycles. The summed E-state index contributed by atoms with van der Waals surface area (Å²) in [5, 5.41) is 9.01. The monoisotopic (exact) mass is 397 g/mol. The smallest absolute Gasteiger partial charge is 0.188 e. The molecule has 3 rings (SSSR count). The summed E-state index contributed by atoms with van der Waals surface area (Å²) < 4.78 is 0. The van der Waals surface area contributed by atoms with Crippen molar-refractivity contribution < 1.29 is 0 Å². The first-order valence-corrected chi connectivity index (χ1v) is 9.11. The van der Waals surface area contributed by atoms with E-state index in [1.165, 1.54) is 11.8 Å². The number of nitrogens with zero attached hydrogens (tertiary/aromatic N) is 4. The average Bonchev–Trinajstić information content (AvgIpc) is 2.60. The van der Waals surface area contributed by atoms with Gasteiger partial charge in [0.25, 0.3) is 0 Å². The van der Waals surface area contributed by atoms with Gasteiger partial charge in [-0.15, -0.1) is 0 Å². The molecule has 25 heavy (non-hydrogen) atoms. The molecule has 1 saturated heterocycles. The summed E-state index contributed by atoms with van der Waals surface area (Å²) in [6, 6.07) is 5.41. The van der Waals surface area contributed by atoms with E-state index in [2.05, 4.69) is 14.9 Å². The number of rotatable bonds is 3. The molecular formula is C15H17Cl2N7S. The first-order chi connectivity index (χ1) is 12.0. The summed E-state index contributed by atoms with van der Waals surface area (Å²) in [7, 11) is 0. The lowest BCUT2D eigenvalue weighted by molar-refractivity contribution is 0.378. The molecule has 1 aliphatic rings. The van der Waals surface area contributed by atoms with E-state index in [-0.39, 0.29) is 5.96 Å². The van der Waals surface area contributed by atoms with Crippen molar-refractivity contribution in [1.82, 2.24) is 14.9 Å². The molecule has 0 spiro atoms. The summed E-state index contributed by atoms with van der Waals surface area (Å²) >= 11 is 13.6. The van der Waals surface area contributed by atoms with Crippen molar-refractivity contribution in [3.8, 4) is 0 Å². The van der Waals surface area contributed by atoms with E-state index in [1.807, 2.05) is 17.0 Å². The molecule has 2 aromatic rings. The minimum atomic E-state index is 0.0930. The zero-order valence-corrected chi connectivity index (χ0v) is 15.6. The second-order valence-electron chi connectivity index (χ2n) is 5.43. The predicted molar refractivity (Wildman–Crippen MR) is 103 cm³/mol. The van der Waals surface area contributed by atoms with Crippen molar-refractivity contribution in [3.05, 3.63) is 34.4 Å². The minimum Gasteiger partial charge on any atom is -0.381 e. The molecule has 1 fully saturated rings. The van der Waals surface area contributed by atoms with E-state index >= 15 is 0 Å². The lowest BCUT2D eigenvalue weighted by atomic mass is 10.3. The Kier molecular flexibility index (Phi) is 5.41. The third-order valence-corrected chi connectivity index (χ3v) is 5.82. The molecule has 7 nitrogen and oxygen atoms in total. The number of benzene rings is 1. The van der Waals surface area contributed by atoms with Gasteiger partial charge in [-0.2, -0.15) is 0 Å². The number of aromatic nitrogens is 2. The number of guanidine groups is 1. The van der Waals surface area contributed by atoms with Gasteiger partial charge in [0.1, 0.15) is 10.8 Å². The molecule has 0 atom stereocenters. The van der Waals surface area contributed by atoms with Crippen LogP contribution in [0.25, 0.3) is 0 Å². The molecule has 132 valence electrons. The number of nitrogen functional groups attached to an aromatic ring is 1. The maximum atomic E-state index is 7.47. The van der Waals surface area contributed by atoms with E-state index in [0.717, 1.165) is 4.90 Å². The van der Waals surface area contributed by atoms with Crippen molar-refractivity contribution in [1.29, 1.82) is 5.41 Å². The van der Waals surface area contributed by atoms with Crippen LogP contribution in [0, 0.1) is 5.41 Å². The summed E-state index contributed by atoms with van der Waals surface area (Å²) in [6.45, 7) is 2.76. The Balaban J connectivity index is 1.73. The van der Waals surface area contributed by atoms with Crippen LogP contribution in [0.4, 0.5) is 11.6 Å². The van der Waals surface area contributed by atoms with Crippen molar-refractivity contribution in [2.45, 2.75) is 9.92 Å². The fourth-order valence-electron chi connectivity index (χ4n) is 2.46. The van der Waals surface area contributed by atoms with E-state index < -0.39 is 0 Å². The van der Waals surface area contributed by atoms with Crippen LogP contribution >= 0.6 is 35.0 Å². The molecule has 0 bridgehead atoms. The number of nitrogens with one attached hydrogen (secondary N) is 1. The zero-order valence-electron chi connectivity index (χ0n) is 13.2. The van der Waals surface area contributed by atoms with E-state index in [0.29, 0.717) is 52.9 Å². The molecule has 1 aromatic carbocycles. The topological polar surface area (TPSA) is 108 Å². The quantitative estimate of drug-likeness (QED) is 0.539. The van der Waals surface area contributed by atoms with Gasteiger partial charge in [-0.1, -0.05) is 41.0 Å². The van der Waals surface area contributed by atoms with Crippen LogP contribution in [0.1, 0.15) is 0 Å². The van der Waals surface area contributed by atoms with Crippen LogP contribution in [0.15, 0.2) is 34.3 Å². The Morgan fingerprint density at radius 3 is 2.56 bits per heavy atom. The molecule has 2 heterocycles. The Morgan fingerprint density at radius 1 is 1.20 bits per heavy atom. The first kappa shape index (κ1) is 17.9. The van der Waals surface area contributed by atoms with Gasteiger partial charge in [-0.25, -0.2) is 9.97 Å². The van der Waals surface area contributed by atoms with Crippen molar-refractivity contribution >= 4 is 52.6 Å². The maximum absolute atomic E-state index is 7.47. The number of hydrogen-bond acceptors (Lipinski definition) is 6. The van der Waals surface area contributed by atoms with Gasteiger partial charge in [0.2, 0.25) is 0 Å². The summed E-state index contributed by atoms with van der Waals surface area (Å²) in [5.74, 6) is 1.14. The van der Waals surface area contributed by atoms with Crippen LogP contribution in [0.5, 0.6) is 0 Å². The highest BCUT2D eigenvalue weighted by molar-refractivity contribution is 7.99. The third kappa shape index (κ3) is 4.02. The molecular weight excluding hydrogens is 381 g/mol. The fourth-order valence-corrected chi connectivity index (χ4v) is 3.74. The SMILES string of the molecule is N=C(N)N1CCN(c2cnc(Sc3cccc(Cl)c3Cl)c(N)n2)CC1. The molecule has 0 unspecified atom stereocenters. The van der Waals surface area contributed by atoms with Crippen LogP contribution in [-0.2, 0) is 0 Å². The van der Waals surface area contributed by atoms with Crippen LogP contribution in [-0.4, -0.2) is 47.0 Å². The number of nitrogens with two attached hydrogens (primary N) is 2. The van der Waals surface area contributed by atoms with Crippen LogP contribution < -0.4 is 16.4 Å². The van der Waals surface area contributed by atoms with E-state index in [1.54, 1.807) is 12.3 Å². The van der Waals surface area contributed by atoms with E-state index in [9.17, 15) is 0 Å². The fraction of sp³-hybridized carbons (Fsp3) is 0.267. The lowest BCUT2D eigenvalue weighted by Gasteiger charge is -2.35. The molecule has 0 radical (unpaired) electrons. The molecule has 0 saturated carbocycles. The van der Waals surface area contributed by atoms with Crippen molar-refractivity contribution in [2.75, 3.05) is 36.8 Å². The van der Waals surface area contributed by atoms with Crippen LogP contribution in [0.3, 0.4) is 0 Å². The van der Waals surface area contributed by atoms with Gasteiger partial charge in [0, 0.05) is 31.1 Å². The first-order valence-electron chi connectivity index (χ1n) is 7.54. The van der Waals surface area contributed by atoms with E-state index in [4.69, 9.17) is 40.1 Å². The molecule has 0 aliphatic carbocycles. The van der Waals surface area contributed by atoms with Gasteiger partial charge in [-0.3, -0.25) is 5.41 Å². The summed E-state index contributed by atoms with van der Waals surface area (Å²) in [5.41, 5.74) is 11.6. The highest BCUT2D eigenvalue weighted by Crippen LogP contribution is 2.38. The summed E-state index contributed by atoms with van der Waals surface area (Å²) in [4.78, 5) is 13.5. The highest BCUT2D eigenvalue weighted by Gasteiger charge is 2.20. The number of anilines is 2. The van der Waals surface area contributed by atoms with Gasteiger partial charge in [0.05, 0.1) is 16.2 Å². The van der Waals surface area contributed by atoms with Crippen molar-refractivity contribution in [3.63, 3.8) is 0 Å². The van der Waals surface area contributed by atoms with Gasteiger partial charge in [0.15, 0.2) is 11.8 Å². The molecule has 1 aliphatic heterocycles. The molecule has 0 amide bonds. The zero-order chi connectivity index (χ0) is 18.0. The Morgan fingerprint density at radius 2 is 1.92 bits per heavy atom. The highest BCUT2D eigenvalue weighted by atomic mass is 35.5. The third-order valence-electron chi connectivity index (χ3n) is 3.82. The normalized spacial score (nSPS) is 14.6. The minimum absolute atomic E-state index is 0.0930. The second-order valence-corrected chi connectivity index (χ2v) is 7.25. The van der Waals surface area contributed by atoms with Gasteiger partial charge < -0.3 is 21.3 Å². The van der Waals surface area contributed by atoms with Gasteiger partial charge >= 0.3 is 0 Å². The summed E-state index contributed by atoms with van der Waals surface area (Å²) in [6.07, 6.45) is 1.70. The Hall–Kier alpha value is -1.90. The van der Waals surface area contributed by atoms with Crippen molar-refractivity contribution in [2.24, 2.45) is 5.73 Å². The Bertz CT molecular complexity index is 793. The lowest BCUT2D eigenvalue weighted by Crippen LogP contribution is -2.51. The number of halogens is 2. The predicted octanol–water partition coefficient (Wildman–Crippen LogP) is 2.53. The molecule has 5 N–H and O–H groups in total. The Labute approximate surface area is 159 Å². The largest absolute Gasteiger partial charge is 0.381 e. The maximum Gasteiger partial charge on any atom is 0.188 e. The average molecular weight is 398 g/mol. The number of piperazine rings is 1.